The smallest absolute Gasteiger partial charge is 0.310 e. The molecule has 5 rings (SSSR count). The molecule has 1 saturated carbocycles. The number of fused-ring (bicyclic) bond motifs is 1. The minimum atomic E-state index is -0.723. The maximum atomic E-state index is 11.9. The van der Waals surface area contributed by atoms with Gasteiger partial charge in [0.05, 0.1) is 22.1 Å². The summed E-state index contributed by atoms with van der Waals surface area (Å²) < 4.78 is 13.3. The SMILES string of the molecule is CC[C@@]1(C(=O)O)C[C@@H]1c1cn(C)c2c(-c3noc(-c4ccc(OC(C)C)c(Cl)c4)n3)cccc12. The standard InChI is InChI=1S/C26H26ClN3O4/c1-5-26(25(31)32)12-19(26)18-13-30(4)22-16(18)7-6-8-17(22)23-28-24(34-29-23)15-9-10-21(20(27)11-15)33-14(2)3/h6-11,13-14,19H,5,12H2,1-4H3,(H,31,32)/t19-,26-/m1/s1. The lowest BCUT2D eigenvalue weighted by atomic mass is 9.96. The van der Waals surface area contributed by atoms with Crippen molar-refractivity contribution >= 4 is 28.5 Å². The van der Waals surface area contributed by atoms with E-state index < -0.39 is 11.4 Å². The first-order chi connectivity index (χ1) is 16.2. The molecule has 2 aromatic heterocycles. The van der Waals surface area contributed by atoms with Gasteiger partial charge in [-0.1, -0.05) is 35.8 Å². The molecule has 0 unspecified atom stereocenters. The van der Waals surface area contributed by atoms with Crippen LogP contribution in [-0.4, -0.2) is 31.9 Å². The lowest BCUT2D eigenvalue weighted by Gasteiger charge is -2.11. The van der Waals surface area contributed by atoms with Crippen molar-refractivity contribution in [3.8, 4) is 28.6 Å². The van der Waals surface area contributed by atoms with E-state index in [-0.39, 0.29) is 12.0 Å². The van der Waals surface area contributed by atoms with Gasteiger partial charge in [0.15, 0.2) is 0 Å². The van der Waals surface area contributed by atoms with Gasteiger partial charge in [-0.25, -0.2) is 0 Å². The van der Waals surface area contributed by atoms with E-state index in [4.69, 9.17) is 20.9 Å². The predicted octanol–water partition coefficient (Wildman–Crippen LogP) is 6.30. The largest absolute Gasteiger partial charge is 0.489 e. The second-order valence-corrected chi connectivity index (χ2v) is 9.61. The zero-order valence-electron chi connectivity index (χ0n) is 19.5. The fourth-order valence-electron chi connectivity index (χ4n) is 4.88. The summed E-state index contributed by atoms with van der Waals surface area (Å²) in [4.78, 5) is 16.5. The monoisotopic (exact) mass is 479 g/mol. The Morgan fingerprint density at radius 3 is 2.79 bits per heavy atom. The number of carboxylic acid groups (broad SMARTS) is 1. The summed E-state index contributed by atoms with van der Waals surface area (Å²) in [6.07, 6.45) is 3.32. The highest BCUT2D eigenvalue weighted by molar-refractivity contribution is 6.32. The summed E-state index contributed by atoms with van der Waals surface area (Å²) in [6.45, 7) is 5.83. The number of ether oxygens (including phenoxy) is 1. The van der Waals surface area contributed by atoms with E-state index in [0.717, 1.165) is 22.0 Å². The molecule has 0 amide bonds. The summed E-state index contributed by atoms with van der Waals surface area (Å²) in [5, 5.41) is 15.5. The minimum absolute atomic E-state index is 0.00323. The van der Waals surface area contributed by atoms with Crippen molar-refractivity contribution in [1.82, 2.24) is 14.7 Å². The topological polar surface area (TPSA) is 90.4 Å². The van der Waals surface area contributed by atoms with Crippen molar-refractivity contribution in [2.75, 3.05) is 0 Å². The normalized spacial score (nSPS) is 19.6. The highest BCUT2D eigenvalue weighted by Gasteiger charge is 2.60. The Hall–Kier alpha value is -3.32. The molecule has 34 heavy (non-hydrogen) atoms. The van der Waals surface area contributed by atoms with Crippen LogP contribution >= 0.6 is 11.6 Å². The number of carboxylic acids is 1. The summed E-state index contributed by atoms with van der Waals surface area (Å²) in [5.41, 5.74) is 2.86. The van der Waals surface area contributed by atoms with E-state index in [1.807, 2.05) is 62.8 Å². The zero-order chi connectivity index (χ0) is 24.2. The quantitative estimate of drug-likeness (QED) is 0.334. The molecule has 0 spiro atoms. The second kappa shape index (κ2) is 8.17. The molecule has 176 valence electrons. The molecule has 0 bridgehead atoms. The van der Waals surface area contributed by atoms with Crippen LogP contribution in [0.1, 0.15) is 45.1 Å². The molecular weight excluding hydrogens is 454 g/mol. The number of para-hydroxylation sites is 1. The van der Waals surface area contributed by atoms with Crippen molar-refractivity contribution < 1.29 is 19.2 Å². The maximum Gasteiger partial charge on any atom is 0.310 e. The molecule has 8 heteroatoms. The molecule has 0 saturated heterocycles. The molecule has 1 aliphatic carbocycles. The Balaban J connectivity index is 1.52. The summed E-state index contributed by atoms with van der Waals surface area (Å²) in [5.74, 6) is 0.703. The number of hydrogen-bond acceptors (Lipinski definition) is 5. The average molecular weight is 480 g/mol. The molecule has 1 fully saturated rings. The Morgan fingerprint density at radius 2 is 2.15 bits per heavy atom. The van der Waals surface area contributed by atoms with Crippen molar-refractivity contribution in [3.63, 3.8) is 0 Å². The van der Waals surface area contributed by atoms with Crippen LogP contribution in [0.15, 0.2) is 47.1 Å². The Kier molecular flexibility index (Phi) is 5.40. The van der Waals surface area contributed by atoms with E-state index in [2.05, 4.69) is 10.1 Å². The van der Waals surface area contributed by atoms with Crippen LogP contribution in [-0.2, 0) is 11.8 Å². The second-order valence-electron chi connectivity index (χ2n) is 9.20. The number of benzene rings is 2. The minimum Gasteiger partial charge on any atom is -0.489 e. The zero-order valence-corrected chi connectivity index (χ0v) is 20.3. The number of aromatic nitrogens is 3. The number of nitrogens with zero attached hydrogens (tertiary/aromatic N) is 3. The van der Waals surface area contributed by atoms with Crippen molar-refractivity contribution in [2.45, 2.75) is 45.6 Å². The lowest BCUT2D eigenvalue weighted by molar-refractivity contribution is -0.143. The third kappa shape index (κ3) is 3.55. The number of aryl methyl sites for hydroxylation is 1. The van der Waals surface area contributed by atoms with Crippen LogP contribution in [0, 0.1) is 5.41 Å². The molecule has 1 N–H and O–H groups in total. The first kappa shape index (κ1) is 22.5. The summed E-state index contributed by atoms with van der Waals surface area (Å²) in [6, 6.07) is 11.3. The van der Waals surface area contributed by atoms with E-state index in [1.54, 1.807) is 12.1 Å². The fourth-order valence-corrected chi connectivity index (χ4v) is 5.11. The van der Waals surface area contributed by atoms with Crippen LogP contribution in [0.2, 0.25) is 5.02 Å². The molecular formula is C26H26ClN3O4. The van der Waals surface area contributed by atoms with Gasteiger partial charge in [-0.3, -0.25) is 4.79 Å². The first-order valence-corrected chi connectivity index (χ1v) is 11.7. The lowest BCUT2D eigenvalue weighted by Crippen LogP contribution is -2.15. The fraction of sp³-hybridized carbons (Fsp3) is 0.346. The van der Waals surface area contributed by atoms with E-state index >= 15 is 0 Å². The van der Waals surface area contributed by atoms with Crippen LogP contribution in [0.3, 0.4) is 0 Å². The van der Waals surface area contributed by atoms with Crippen LogP contribution in [0.25, 0.3) is 33.7 Å². The van der Waals surface area contributed by atoms with Crippen LogP contribution < -0.4 is 4.74 Å². The average Bonchev–Trinajstić information content (AvgIpc) is 3.17. The number of hydrogen-bond donors (Lipinski definition) is 1. The molecule has 2 aromatic carbocycles. The summed E-state index contributed by atoms with van der Waals surface area (Å²) in [7, 11) is 1.96. The highest BCUT2D eigenvalue weighted by Crippen LogP contribution is 2.63. The third-order valence-corrected chi connectivity index (χ3v) is 7.04. The number of halogens is 1. The Labute approximate surface area is 202 Å². The van der Waals surface area contributed by atoms with Crippen molar-refractivity contribution in [1.29, 1.82) is 0 Å². The Bertz CT molecular complexity index is 1410. The van der Waals surface area contributed by atoms with Gasteiger partial charge in [0, 0.05) is 35.7 Å². The number of rotatable bonds is 7. The van der Waals surface area contributed by atoms with Gasteiger partial charge in [-0.15, -0.1) is 0 Å². The number of carbonyl (C=O) groups is 1. The molecule has 0 aliphatic heterocycles. The molecule has 2 heterocycles. The van der Waals surface area contributed by atoms with Crippen molar-refractivity contribution in [2.24, 2.45) is 12.5 Å². The molecule has 0 radical (unpaired) electrons. The molecule has 2 atom stereocenters. The third-order valence-electron chi connectivity index (χ3n) is 6.75. The van der Waals surface area contributed by atoms with Crippen LogP contribution in [0.4, 0.5) is 0 Å². The Morgan fingerprint density at radius 1 is 1.35 bits per heavy atom. The van der Waals surface area contributed by atoms with Gasteiger partial charge in [0.2, 0.25) is 5.82 Å². The van der Waals surface area contributed by atoms with Gasteiger partial charge in [-0.05, 0) is 56.5 Å². The van der Waals surface area contributed by atoms with E-state index in [9.17, 15) is 9.90 Å². The van der Waals surface area contributed by atoms with E-state index in [0.29, 0.717) is 40.9 Å². The van der Waals surface area contributed by atoms with Crippen molar-refractivity contribution in [3.05, 3.63) is 53.2 Å². The van der Waals surface area contributed by atoms with Gasteiger partial charge in [0.1, 0.15) is 5.75 Å². The predicted molar refractivity (Wildman–Crippen MR) is 130 cm³/mol. The highest BCUT2D eigenvalue weighted by atomic mass is 35.5. The summed E-state index contributed by atoms with van der Waals surface area (Å²) >= 11 is 6.38. The van der Waals surface area contributed by atoms with Gasteiger partial charge < -0.3 is 18.9 Å². The van der Waals surface area contributed by atoms with E-state index in [1.165, 1.54) is 0 Å². The first-order valence-electron chi connectivity index (χ1n) is 11.4. The van der Waals surface area contributed by atoms with Gasteiger partial charge in [-0.2, -0.15) is 4.98 Å². The molecule has 4 aromatic rings. The molecule has 1 aliphatic rings. The maximum absolute atomic E-state index is 11.9. The molecule has 7 nitrogen and oxygen atoms in total. The number of aliphatic carboxylic acids is 1. The van der Waals surface area contributed by atoms with Gasteiger partial charge in [0.25, 0.3) is 5.89 Å². The van der Waals surface area contributed by atoms with Gasteiger partial charge >= 0.3 is 5.97 Å². The van der Waals surface area contributed by atoms with Crippen LogP contribution in [0.5, 0.6) is 5.75 Å².